The molecule has 1 aliphatic heterocycles. The molecule has 192 valence electrons. The highest BCUT2D eigenvalue weighted by molar-refractivity contribution is 7.98. The summed E-state index contributed by atoms with van der Waals surface area (Å²) in [5, 5.41) is 9.78. The molecule has 1 saturated carbocycles. The lowest BCUT2D eigenvalue weighted by Gasteiger charge is -2.24. The van der Waals surface area contributed by atoms with E-state index in [0.717, 1.165) is 19.3 Å². The maximum absolute atomic E-state index is 13.0. The average Bonchev–Trinajstić information content (AvgIpc) is 3.37. The van der Waals surface area contributed by atoms with Crippen molar-refractivity contribution in [2.24, 2.45) is 5.92 Å². The molecule has 0 radical (unpaired) electrons. The molecule has 3 unspecified atom stereocenters. The number of thioether (sulfide) groups is 1. The summed E-state index contributed by atoms with van der Waals surface area (Å²) in [6.45, 7) is 0.327. The van der Waals surface area contributed by atoms with E-state index < -0.39 is 11.9 Å². The summed E-state index contributed by atoms with van der Waals surface area (Å²) in [7, 11) is 0. The van der Waals surface area contributed by atoms with Gasteiger partial charge < -0.3 is 14.6 Å². The highest BCUT2D eigenvalue weighted by Crippen LogP contribution is 2.43. The standard InChI is InChI=1S/C30H29ClO5S/c1-37-23-10-6-19(7-11-23)21-3-2-18(14-21)15-27(32)20-4-8-22(9-5-20)36-29-17-28-25(16-26(29)31)24(30(33)34)12-13-35-28/h4-11,16-18,21,24H,2-3,12-15H2,1H3,(H,33,34). The predicted molar refractivity (Wildman–Crippen MR) is 146 cm³/mol. The van der Waals surface area contributed by atoms with E-state index in [9.17, 15) is 14.7 Å². The third-order valence-corrected chi connectivity index (χ3v) is 8.45. The first kappa shape index (κ1) is 25.7. The maximum Gasteiger partial charge on any atom is 0.311 e. The molecule has 37 heavy (non-hydrogen) atoms. The Hall–Kier alpha value is -2.96. The largest absolute Gasteiger partial charge is 0.493 e. The van der Waals surface area contributed by atoms with E-state index in [1.807, 2.05) is 0 Å². The average molecular weight is 537 g/mol. The van der Waals surface area contributed by atoms with Crippen LogP contribution in [-0.2, 0) is 4.79 Å². The second-order valence-electron chi connectivity index (χ2n) is 9.75. The molecule has 1 fully saturated rings. The van der Waals surface area contributed by atoms with Crippen molar-refractivity contribution >= 4 is 35.1 Å². The minimum absolute atomic E-state index is 0.148. The molecule has 1 N–H and O–H groups in total. The Kier molecular flexibility index (Phi) is 7.77. The van der Waals surface area contributed by atoms with Crippen LogP contribution in [0.1, 0.15) is 65.4 Å². The number of Topliss-reactive ketones (excluding diaryl/α,β-unsaturated/α-hetero) is 1. The number of aliphatic carboxylic acids is 1. The van der Waals surface area contributed by atoms with Crippen LogP contribution in [0.5, 0.6) is 17.2 Å². The van der Waals surface area contributed by atoms with Crippen LogP contribution in [0.4, 0.5) is 0 Å². The fourth-order valence-corrected chi connectivity index (χ4v) is 6.00. The molecule has 5 nitrogen and oxygen atoms in total. The van der Waals surface area contributed by atoms with Crippen molar-refractivity contribution in [2.75, 3.05) is 12.9 Å². The molecule has 3 aromatic rings. The minimum Gasteiger partial charge on any atom is -0.493 e. The molecule has 2 aliphatic rings. The Morgan fingerprint density at radius 1 is 1.05 bits per heavy atom. The van der Waals surface area contributed by atoms with Gasteiger partial charge in [-0.15, -0.1) is 11.8 Å². The van der Waals surface area contributed by atoms with Gasteiger partial charge in [0.25, 0.3) is 0 Å². The lowest BCUT2D eigenvalue weighted by atomic mass is 9.93. The topological polar surface area (TPSA) is 72.8 Å². The van der Waals surface area contributed by atoms with Crippen LogP contribution in [0.2, 0.25) is 5.02 Å². The zero-order valence-corrected chi connectivity index (χ0v) is 22.2. The Bertz CT molecular complexity index is 1290. The quantitative estimate of drug-likeness (QED) is 0.232. The molecule has 0 bridgehead atoms. The maximum atomic E-state index is 13.0. The third kappa shape index (κ3) is 5.81. The number of carboxylic acids is 1. The molecule has 3 atom stereocenters. The van der Waals surface area contributed by atoms with Crippen molar-refractivity contribution in [3.63, 3.8) is 0 Å². The Balaban J connectivity index is 1.20. The summed E-state index contributed by atoms with van der Waals surface area (Å²) in [4.78, 5) is 25.8. The van der Waals surface area contributed by atoms with Crippen molar-refractivity contribution in [3.8, 4) is 17.2 Å². The van der Waals surface area contributed by atoms with E-state index in [1.54, 1.807) is 48.2 Å². The Labute approximate surface area is 226 Å². The molecule has 5 rings (SSSR count). The lowest BCUT2D eigenvalue weighted by Crippen LogP contribution is -2.20. The van der Waals surface area contributed by atoms with Gasteiger partial charge in [-0.25, -0.2) is 0 Å². The molecule has 3 aromatic carbocycles. The van der Waals surface area contributed by atoms with Crippen LogP contribution in [0.25, 0.3) is 0 Å². The first-order valence-corrected chi connectivity index (χ1v) is 14.2. The number of fused-ring (bicyclic) bond motifs is 1. The number of ketones is 1. The second kappa shape index (κ2) is 11.2. The van der Waals surface area contributed by atoms with E-state index in [-0.39, 0.29) is 5.78 Å². The van der Waals surface area contributed by atoms with Gasteiger partial charge in [-0.05, 0) is 91.8 Å². The molecular weight excluding hydrogens is 508 g/mol. The van der Waals surface area contributed by atoms with Crippen molar-refractivity contribution in [3.05, 3.63) is 82.4 Å². The number of ether oxygens (including phenoxy) is 2. The van der Waals surface area contributed by atoms with E-state index in [4.69, 9.17) is 21.1 Å². The smallest absolute Gasteiger partial charge is 0.311 e. The van der Waals surface area contributed by atoms with Crippen LogP contribution < -0.4 is 9.47 Å². The Morgan fingerprint density at radius 3 is 2.51 bits per heavy atom. The van der Waals surface area contributed by atoms with Crippen LogP contribution in [0, 0.1) is 5.92 Å². The van der Waals surface area contributed by atoms with Gasteiger partial charge in [-0.3, -0.25) is 9.59 Å². The van der Waals surface area contributed by atoms with Crippen LogP contribution in [0.15, 0.2) is 65.6 Å². The van der Waals surface area contributed by atoms with Crippen LogP contribution in [-0.4, -0.2) is 29.7 Å². The summed E-state index contributed by atoms with van der Waals surface area (Å²) in [6.07, 6.45) is 6.29. The molecule has 1 aliphatic carbocycles. The number of carbonyl (C=O) groups is 2. The fraction of sp³-hybridized carbons (Fsp3) is 0.333. The third-order valence-electron chi connectivity index (χ3n) is 7.41. The summed E-state index contributed by atoms with van der Waals surface area (Å²) in [5.74, 6) is 0.934. The number of rotatable bonds is 8. The number of carboxylic acid groups (broad SMARTS) is 1. The van der Waals surface area contributed by atoms with Gasteiger partial charge in [0.1, 0.15) is 17.2 Å². The van der Waals surface area contributed by atoms with Gasteiger partial charge in [0.2, 0.25) is 0 Å². The van der Waals surface area contributed by atoms with Gasteiger partial charge in [-0.2, -0.15) is 0 Å². The molecule has 0 amide bonds. The van der Waals surface area contributed by atoms with E-state index >= 15 is 0 Å². The second-order valence-corrected chi connectivity index (χ2v) is 11.0. The fourth-order valence-electron chi connectivity index (χ4n) is 5.38. The lowest BCUT2D eigenvalue weighted by molar-refractivity contribution is -0.139. The van der Waals surface area contributed by atoms with Gasteiger partial charge in [-0.1, -0.05) is 23.7 Å². The monoisotopic (exact) mass is 536 g/mol. The van der Waals surface area contributed by atoms with Gasteiger partial charge >= 0.3 is 5.97 Å². The molecule has 0 spiro atoms. The molecule has 0 saturated heterocycles. The normalized spacial score (nSPS) is 20.6. The number of carbonyl (C=O) groups excluding carboxylic acids is 1. The van der Waals surface area contributed by atoms with Crippen molar-refractivity contribution in [1.82, 2.24) is 0 Å². The SMILES string of the molecule is CSc1ccc(C2CCC(CC(=O)c3ccc(Oc4cc5c(cc4Cl)C(C(=O)O)CCO5)cc3)C2)cc1. The van der Waals surface area contributed by atoms with Gasteiger partial charge in [0.05, 0.1) is 17.5 Å². The summed E-state index contributed by atoms with van der Waals surface area (Å²) < 4.78 is 11.6. The van der Waals surface area contributed by atoms with Crippen LogP contribution >= 0.6 is 23.4 Å². The van der Waals surface area contributed by atoms with Crippen molar-refractivity contribution in [2.45, 2.75) is 48.8 Å². The van der Waals surface area contributed by atoms with Crippen LogP contribution in [0.3, 0.4) is 0 Å². The summed E-state index contributed by atoms with van der Waals surface area (Å²) >= 11 is 8.15. The molecular formula is C30H29ClO5S. The predicted octanol–water partition coefficient (Wildman–Crippen LogP) is 7.96. The van der Waals surface area contributed by atoms with E-state index in [0.29, 0.717) is 64.7 Å². The van der Waals surface area contributed by atoms with E-state index in [1.165, 1.54) is 10.5 Å². The number of hydrogen-bond acceptors (Lipinski definition) is 5. The van der Waals surface area contributed by atoms with Gasteiger partial charge in [0, 0.05) is 28.5 Å². The highest BCUT2D eigenvalue weighted by atomic mass is 35.5. The van der Waals surface area contributed by atoms with Crippen molar-refractivity contribution < 1.29 is 24.2 Å². The van der Waals surface area contributed by atoms with Crippen molar-refractivity contribution in [1.29, 1.82) is 0 Å². The number of benzene rings is 3. The molecule has 0 aromatic heterocycles. The zero-order valence-electron chi connectivity index (χ0n) is 20.6. The highest BCUT2D eigenvalue weighted by Gasteiger charge is 2.30. The first-order chi connectivity index (χ1) is 17.9. The Morgan fingerprint density at radius 2 is 1.81 bits per heavy atom. The molecule has 1 heterocycles. The zero-order chi connectivity index (χ0) is 25.9. The minimum atomic E-state index is -0.896. The summed E-state index contributed by atoms with van der Waals surface area (Å²) in [5.41, 5.74) is 2.60. The molecule has 7 heteroatoms. The van der Waals surface area contributed by atoms with E-state index in [2.05, 4.69) is 30.5 Å². The summed E-state index contributed by atoms with van der Waals surface area (Å²) in [6, 6.07) is 19.1. The number of hydrogen-bond donors (Lipinski definition) is 1. The number of halogens is 1. The van der Waals surface area contributed by atoms with Gasteiger partial charge in [0.15, 0.2) is 5.78 Å². The first-order valence-electron chi connectivity index (χ1n) is 12.6.